The van der Waals surface area contributed by atoms with Gasteiger partial charge >= 0.3 is 11.5 Å². The zero-order chi connectivity index (χ0) is 9.07. The number of carbonyl (C=O) groups excluding carboxylic acids is 1. The van der Waals surface area contributed by atoms with Crippen LogP contribution < -0.4 is 0 Å². The molecule has 6 nitrogen and oxygen atoms in total. The van der Waals surface area contributed by atoms with E-state index in [1.807, 2.05) is 0 Å². The second kappa shape index (κ2) is 3.29. The summed E-state index contributed by atoms with van der Waals surface area (Å²) in [6, 6.07) is 0. The van der Waals surface area contributed by atoms with Crippen molar-refractivity contribution in [3.63, 3.8) is 0 Å². The number of methoxy groups -OCH3 is 1. The average Bonchev–Trinajstić information content (AvgIpc) is 2.01. The molecule has 64 valence electrons. The largest absolute Gasteiger partial charge is 0.464 e. The summed E-state index contributed by atoms with van der Waals surface area (Å²) in [5.74, 6) is -1.05. The van der Waals surface area contributed by atoms with E-state index in [2.05, 4.69) is 4.74 Å². The van der Waals surface area contributed by atoms with Crippen molar-refractivity contribution in [2.75, 3.05) is 13.7 Å². The molecule has 0 aromatic rings. The van der Waals surface area contributed by atoms with Crippen molar-refractivity contribution in [2.24, 2.45) is 0 Å². The number of aliphatic hydroxyl groups is 1. The Kier molecular flexibility index (Phi) is 2.94. The normalized spacial score (nSPS) is 15.2. The van der Waals surface area contributed by atoms with Crippen LogP contribution in [0.5, 0.6) is 0 Å². The second-order valence-corrected chi connectivity index (χ2v) is 2.18. The Morgan fingerprint density at radius 2 is 2.27 bits per heavy atom. The van der Waals surface area contributed by atoms with Crippen LogP contribution in [0.2, 0.25) is 0 Å². The molecule has 11 heavy (non-hydrogen) atoms. The maximum atomic E-state index is 10.7. The zero-order valence-corrected chi connectivity index (χ0v) is 6.23. The summed E-state index contributed by atoms with van der Waals surface area (Å²) in [7, 11) is 1.03. The lowest BCUT2D eigenvalue weighted by molar-refractivity contribution is -0.554. The minimum atomic E-state index is -2.03. The van der Waals surface area contributed by atoms with E-state index in [0.717, 1.165) is 14.0 Å². The van der Waals surface area contributed by atoms with Crippen LogP contribution in [0.4, 0.5) is 0 Å². The maximum absolute atomic E-state index is 10.7. The molecule has 0 rings (SSSR count). The highest BCUT2D eigenvalue weighted by Crippen LogP contribution is 2.09. The topological polar surface area (TPSA) is 89.7 Å². The number of hydrogen-bond donors (Lipinski definition) is 1. The fraction of sp³-hybridized carbons (Fsp3) is 0.800. The molecule has 0 aromatic carbocycles. The molecule has 0 spiro atoms. The first-order valence-electron chi connectivity index (χ1n) is 2.83. The monoisotopic (exact) mass is 163 g/mol. The van der Waals surface area contributed by atoms with Crippen molar-refractivity contribution in [1.29, 1.82) is 0 Å². The van der Waals surface area contributed by atoms with Crippen LogP contribution in [0.1, 0.15) is 6.92 Å². The molecule has 0 unspecified atom stereocenters. The Labute approximate surface area is 62.9 Å². The van der Waals surface area contributed by atoms with Gasteiger partial charge in [0.05, 0.1) is 7.11 Å². The van der Waals surface area contributed by atoms with Crippen LogP contribution in [-0.2, 0) is 9.53 Å². The summed E-state index contributed by atoms with van der Waals surface area (Å²) in [5.41, 5.74) is -2.03. The van der Waals surface area contributed by atoms with Crippen molar-refractivity contribution >= 4 is 5.97 Å². The molecule has 0 saturated heterocycles. The van der Waals surface area contributed by atoms with E-state index in [0.29, 0.717) is 0 Å². The molecule has 6 heteroatoms. The lowest BCUT2D eigenvalue weighted by atomic mass is 10.1. The first-order chi connectivity index (χ1) is 4.99. The summed E-state index contributed by atoms with van der Waals surface area (Å²) in [6.45, 7) is 0.130. The molecule has 0 radical (unpaired) electrons. The van der Waals surface area contributed by atoms with E-state index in [4.69, 9.17) is 5.11 Å². The molecule has 1 atom stereocenters. The lowest BCUT2D eigenvalue weighted by Crippen LogP contribution is -2.47. The molecule has 1 N–H and O–H groups in total. The van der Waals surface area contributed by atoms with Gasteiger partial charge in [-0.3, -0.25) is 10.1 Å². The summed E-state index contributed by atoms with van der Waals surface area (Å²) in [5, 5.41) is 18.7. The first kappa shape index (κ1) is 9.83. The number of rotatable bonds is 3. The Bertz CT molecular complexity index is 180. The van der Waals surface area contributed by atoms with Gasteiger partial charge in [-0.15, -0.1) is 0 Å². The number of aliphatic hydroxyl groups excluding tert-OH is 1. The van der Waals surface area contributed by atoms with E-state index in [-0.39, 0.29) is 0 Å². The van der Waals surface area contributed by atoms with Crippen LogP contribution in [-0.4, -0.2) is 35.3 Å². The number of esters is 1. The minimum absolute atomic E-state index is 0.868. The Morgan fingerprint density at radius 1 is 1.82 bits per heavy atom. The first-order valence-corrected chi connectivity index (χ1v) is 2.83. The van der Waals surface area contributed by atoms with E-state index in [1.165, 1.54) is 0 Å². The van der Waals surface area contributed by atoms with Crippen LogP contribution in [0.15, 0.2) is 0 Å². The molecule has 0 amide bonds. The van der Waals surface area contributed by atoms with E-state index in [1.54, 1.807) is 0 Å². The SMILES string of the molecule is COC(=O)[C@@](C)(CO)[N+](=O)[O-]. The summed E-state index contributed by atoms with van der Waals surface area (Å²) < 4.78 is 4.13. The van der Waals surface area contributed by atoms with Crippen LogP contribution in [0, 0.1) is 10.1 Å². The van der Waals surface area contributed by atoms with E-state index in [9.17, 15) is 14.9 Å². The van der Waals surface area contributed by atoms with Crippen molar-refractivity contribution in [3.8, 4) is 0 Å². The van der Waals surface area contributed by atoms with Crippen molar-refractivity contribution in [2.45, 2.75) is 12.5 Å². The molecule has 0 fully saturated rings. The van der Waals surface area contributed by atoms with Gasteiger partial charge in [0.1, 0.15) is 6.61 Å². The third kappa shape index (κ3) is 1.64. The van der Waals surface area contributed by atoms with Crippen LogP contribution in [0.25, 0.3) is 0 Å². The smallest absolute Gasteiger partial charge is 0.386 e. The van der Waals surface area contributed by atoms with Gasteiger partial charge in [-0.25, -0.2) is 4.79 Å². The number of ether oxygens (including phenoxy) is 1. The third-order valence-corrected chi connectivity index (χ3v) is 1.34. The standard InChI is InChI=1S/C5H9NO5/c1-5(3-7,6(9)10)4(8)11-2/h7H,3H2,1-2H3/t5-/m1/s1. The lowest BCUT2D eigenvalue weighted by Gasteiger charge is -2.14. The molecule has 0 aliphatic rings. The summed E-state index contributed by atoms with van der Waals surface area (Å²) in [4.78, 5) is 20.0. The summed E-state index contributed by atoms with van der Waals surface area (Å²) in [6.07, 6.45) is 0. The molecule has 0 bridgehead atoms. The Hall–Kier alpha value is -1.17. The van der Waals surface area contributed by atoms with Crippen molar-refractivity contribution in [3.05, 3.63) is 10.1 Å². The van der Waals surface area contributed by atoms with Gasteiger partial charge < -0.3 is 9.84 Å². The Balaban J connectivity index is 4.59. The fourth-order valence-electron chi connectivity index (χ4n) is 0.417. The molecular formula is C5H9NO5. The highest BCUT2D eigenvalue weighted by atomic mass is 16.6. The molecule has 0 aliphatic carbocycles. The highest BCUT2D eigenvalue weighted by molar-refractivity contribution is 5.78. The van der Waals surface area contributed by atoms with E-state index >= 15 is 0 Å². The number of nitro groups is 1. The van der Waals surface area contributed by atoms with E-state index < -0.39 is 23.0 Å². The van der Waals surface area contributed by atoms with Gasteiger partial charge in [0.2, 0.25) is 0 Å². The maximum Gasteiger partial charge on any atom is 0.386 e. The van der Waals surface area contributed by atoms with Gasteiger partial charge in [0, 0.05) is 11.8 Å². The summed E-state index contributed by atoms with van der Waals surface area (Å²) >= 11 is 0. The Morgan fingerprint density at radius 3 is 2.36 bits per heavy atom. The van der Waals surface area contributed by atoms with Gasteiger partial charge in [-0.2, -0.15) is 0 Å². The average molecular weight is 163 g/mol. The second-order valence-electron chi connectivity index (χ2n) is 2.18. The predicted octanol–water partition coefficient (Wildman–Crippen LogP) is -0.813. The van der Waals surface area contributed by atoms with Crippen LogP contribution >= 0.6 is 0 Å². The van der Waals surface area contributed by atoms with Crippen LogP contribution in [0.3, 0.4) is 0 Å². The highest BCUT2D eigenvalue weighted by Gasteiger charge is 2.46. The number of nitrogens with zero attached hydrogens (tertiary/aromatic N) is 1. The molecule has 0 aliphatic heterocycles. The number of hydrogen-bond acceptors (Lipinski definition) is 5. The fourth-order valence-corrected chi connectivity index (χ4v) is 0.417. The predicted molar refractivity (Wildman–Crippen MR) is 34.5 cm³/mol. The zero-order valence-electron chi connectivity index (χ0n) is 6.23. The quantitative estimate of drug-likeness (QED) is 0.333. The molecule has 0 aromatic heterocycles. The number of carbonyl (C=O) groups is 1. The third-order valence-electron chi connectivity index (χ3n) is 1.34. The van der Waals surface area contributed by atoms with Gasteiger partial charge in [-0.05, 0) is 0 Å². The molecule has 0 heterocycles. The van der Waals surface area contributed by atoms with Gasteiger partial charge in [0.25, 0.3) is 0 Å². The minimum Gasteiger partial charge on any atom is -0.464 e. The van der Waals surface area contributed by atoms with Crippen molar-refractivity contribution in [1.82, 2.24) is 0 Å². The van der Waals surface area contributed by atoms with Gasteiger partial charge in [0.15, 0.2) is 0 Å². The van der Waals surface area contributed by atoms with Crippen molar-refractivity contribution < 1.29 is 19.6 Å². The molecular weight excluding hydrogens is 154 g/mol. The molecule has 0 saturated carbocycles. The van der Waals surface area contributed by atoms with Gasteiger partial charge in [-0.1, -0.05) is 0 Å².